The van der Waals surface area contributed by atoms with Crippen molar-refractivity contribution >= 4 is 23.4 Å². The molecule has 5 atom stereocenters. The Balaban J connectivity index is 1.46. The molecular weight excluding hydrogens is 480 g/mol. The van der Waals surface area contributed by atoms with E-state index in [0.29, 0.717) is 0 Å². The third-order valence-corrected chi connectivity index (χ3v) is 7.30. The lowest BCUT2D eigenvalue weighted by Crippen LogP contribution is -2.59. The van der Waals surface area contributed by atoms with Gasteiger partial charge in [-0.2, -0.15) is 0 Å². The van der Waals surface area contributed by atoms with Gasteiger partial charge in [-0.1, -0.05) is 78.9 Å². The zero-order valence-electron chi connectivity index (χ0n) is 20.9. The number of carbonyl (C=O) groups is 3. The van der Waals surface area contributed by atoms with Crippen LogP contribution in [-0.2, 0) is 32.8 Å². The van der Waals surface area contributed by atoms with E-state index in [1.807, 2.05) is 84.9 Å². The number of anilines is 1. The average Bonchev–Trinajstić information content (AvgIpc) is 3.18. The zero-order valence-corrected chi connectivity index (χ0v) is 20.9. The summed E-state index contributed by atoms with van der Waals surface area (Å²) in [5.41, 5.74) is 15.4. The van der Waals surface area contributed by atoms with Crippen LogP contribution in [0.15, 0.2) is 84.9 Å². The average molecular weight is 513 g/mol. The Labute approximate surface area is 221 Å². The summed E-state index contributed by atoms with van der Waals surface area (Å²) in [6.07, 6.45) is -0.0818. The van der Waals surface area contributed by atoms with Gasteiger partial charge in [0.2, 0.25) is 17.7 Å². The molecule has 1 fully saturated rings. The van der Waals surface area contributed by atoms with E-state index in [9.17, 15) is 14.4 Å². The second-order valence-corrected chi connectivity index (χ2v) is 9.98. The van der Waals surface area contributed by atoms with E-state index in [1.54, 1.807) is 0 Å². The van der Waals surface area contributed by atoms with Crippen molar-refractivity contribution in [3.63, 3.8) is 0 Å². The first kappa shape index (κ1) is 25.4. The number of amides is 3. The van der Waals surface area contributed by atoms with Gasteiger partial charge in [0.1, 0.15) is 18.1 Å². The fourth-order valence-corrected chi connectivity index (χ4v) is 5.20. The van der Waals surface area contributed by atoms with E-state index in [-0.39, 0.29) is 19.3 Å². The molecule has 0 radical (unpaired) electrons. The number of benzene rings is 3. The zero-order chi connectivity index (χ0) is 26.7. The molecule has 0 spiro atoms. The molecule has 9 heteroatoms. The van der Waals surface area contributed by atoms with Crippen LogP contribution < -0.4 is 32.7 Å². The first-order chi connectivity index (χ1) is 18.3. The summed E-state index contributed by atoms with van der Waals surface area (Å²) in [7, 11) is 0. The van der Waals surface area contributed by atoms with E-state index in [2.05, 4.69) is 21.3 Å². The van der Waals surface area contributed by atoms with Crippen LogP contribution in [0.1, 0.15) is 23.1 Å². The highest BCUT2D eigenvalue weighted by Gasteiger charge is 2.46. The summed E-state index contributed by atoms with van der Waals surface area (Å²) < 4.78 is 0. The minimum atomic E-state index is -1.12. The second kappa shape index (κ2) is 10.6. The Kier molecular flexibility index (Phi) is 7.13. The van der Waals surface area contributed by atoms with Crippen molar-refractivity contribution in [2.75, 3.05) is 5.32 Å². The third kappa shape index (κ3) is 5.25. The maximum absolute atomic E-state index is 13.6. The number of nitrogens with two attached hydrogens (primary N) is 2. The Morgan fingerprint density at radius 3 is 1.61 bits per heavy atom. The van der Waals surface area contributed by atoms with Gasteiger partial charge in [0, 0.05) is 24.9 Å². The summed E-state index contributed by atoms with van der Waals surface area (Å²) in [4.78, 5) is 40.5. The number of carbonyl (C=O) groups excluding carboxylic acids is 3. The first-order valence-corrected chi connectivity index (χ1v) is 12.7. The maximum atomic E-state index is 13.6. The minimum Gasteiger partial charge on any atom is -0.368 e. The maximum Gasteiger partial charge on any atom is 0.243 e. The van der Waals surface area contributed by atoms with Crippen LogP contribution >= 0.6 is 0 Å². The molecule has 2 aliphatic rings. The lowest BCUT2D eigenvalue weighted by atomic mass is 9.84. The number of hydrogen-bond acceptors (Lipinski definition) is 6. The van der Waals surface area contributed by atoms with Gasteiger partial charge in [-0.3, -0.25) is 14.4 Å². The van der Waals surface area contributed by atoms with Crippen LogP contribution in [0.25, 0.3) is 0 Å². The van der Waals surface area contributed by atoms with Crippen LogP contribution in [0, 0.1) is 0 Å². The SMILES string of the molecule is N[C@@H]1Nc2ccccc2[C@]1(N)C[C@@H]1NC(=O)[C@H](Cc2ccccc2)NC(=O)[C@@H](Cc2ccccc2)NC1=O. The number of rotatable bonds is 6. The van der Waals surface area contributed by atoms with Crippen molar-refractivity contribution in [3.05, 3.63) is 102 Å². The quantitative estimate of drug-likeness (QED) is 0.289. The molecule has 0 saturated carbocycles. The number of hydrogen-bond donors (Lipinski definition) is 6. The van der Waals surface area contributed by atoms with Gasteiger partial charge in [-0.25, -0.2) is 0 Å². The molecule has 0 aromatic heterocycles. The molecule has 2 heterocycles. The Hall–Kier alpha value is -4.21. The van der Waals surface area contributed by atoms with E-state index in [0.717, 1.165) is 22.4 Å². The molecular formula is C29H32N6O3. The van der Waals surface area contributed by atoms with Gasteiger partial charge < -0.3 is 32.7 Å². The van der Waals surface area contributed by atoms with Gasteiger partial charge >= 0.3 is 0 Å². The summed E-state index contributed by atoms with van der Waals surface area (Å²) in [6, 6.07) is 23.5. The van der Waals surface area contributed by atoms with E-state index >= 15 is 0 Å². The second-order valence-electron chi connectivity index (χ2n) is 9.98. The van der Waals surface area contributed by atoms with Crippen LogP contribution in [0.3, 0.4) is 0 Å². The van der Waals surface area contributed by atoms with Gasteiger partial charge in [-0.05, 0) is 22.8 Å². The van der Waals surface area contributed by atoms with Crippen LogP contribution in [0.5, 0.6) is 0 Å². The van der Waals surface area contributed by atoms with Gasteiger partial charge in [0.15, 0.2) is 0 Å². The lowest BCUT2D eigenvalue weighted by molar-refractivity contribution is -0.130. The first-order valence-electron chi connectivity index (χ1n) is 12.7. The molecule has 5 rings (SSSR count). The molecule has 1 saturated heterocycles. The van der Waals surface area contributed by atoms with E-state index < -0.39 is 47.6 Å². The molecule has 8 N–H and O–H groups in total. The fourth-order valence-electron chi connectivity index (χ4n) is 5.20. The molecule has 0 aliphatic carbocycles. The van der Waals surface area contributed by atoms with Crippen molar-refractivity contribution in [1.82, 2.24) is 16.0 Å². The molecule has 38 heavy (non-hydrogen) atoms. The molecule has 0 bridgehead atoms. The third-order valence-electron chi connectivity index (χ3n) is 7.30. The predicted molar refractivity (Wildman–Crippen MR) is 145 cm³/mol. The molecule has 2 aliphatic heterocycles. The van der Waals surface area contributed by atoms with Crippen LogP contribution in [0.2, 0.25) is 0 Å². The van der Waals surface area contributed by atoms with Crippen molar-refractivity contribution < 1.29 is 14.4 Å². The topological polar surface area (TPSA) is 151 Å². The molecule has 196 valence electrons. The highest BCUT2D eigenvalue weighted by atomic mass is 16.2. The molecule has 3 aromatic rings. The molecule has 0 unspecified atom stereocenters. The number of fused-ring (bicyclic) bond motifs is 1. The summed E-state index contributed by atoms with van der Waals surface area (Å²) >= 11 is 0. The molecule has 3 aromatic carbocycles. The predicted octanol–water partition coefficient (Wildman–Crippen LogP) is 0.894. The Morgan fingerprint density at radius 2 is 1.05 bits per heavy atom. The summed E-state index contributed by atoms with van der Waals surface area (Å²) in [6.45, 7) is 0. The monoisotopic (exact) mass is 512 g/mol. The number of para-hydroxylation sites is 1. The van der Waals surface area contributed by atoms with Gasteiger partial charge in [0.05, 0.1) is 11.7 Å². The van der Waals surface area contributed by atoms with Gasteiger partial charge in [0.25, 0.3) is 0 Å². The fraction of sp³-hybridized carbons (Fsp3) is 0.276. The Bertz CT molecular complexity index is 1280. The highest BCUT2D eigenvalue weighted by Crippen LogP contribution is 2.38. The summed E-state index contributed by atoms with van der Waals surface area (Å²) in [5.74, 6) is -1.37. The van der Waals surface area contributed by atoms with Crippen molar-refractivity contribution in [1.29, 1.82) is 0 Å². The van der Waals surface area contributed by atoms with Crippen LogP contribution in [0.4, 0.5) is 5.69 Å². The normalized spacial score (nSPS) is 27.1. The summed E-state index contributed by atoms with van der Waals surface area (Å²) in [5, 5.41) is 11.8. The lowest BCUT2D eigenvalue weighted by Gasteiger charge is -2.33. The van der Waals surface area contributed by atoms with Crippen molar-refractivity contribution in [3.8, 4) is 0 Å². The van der Waals surface area contributed by atoms with Gasteiger partial charge in [-0.15, -0.1) is 0 Å². The Morgan fingerprint density at radius 1 is 0.605 bits per heavy atom. The van der Waals surface area contributed by atoms with E-state index in [1.165, 1.54) is 0 Å². The van der Waals surface area contributed by atoms with Crippen molar-refractivity contribution in [2.45, 2.75) is 49.1 Å². The number of nitrogens with one attached hydrogen (secondary N) is 4. The smallest absolute Gasteiger partial charge is 0.243 e. The van der Waals surface area contributed by atoms with Crippen molar-refractivity contribution in [2.24, 2.45) is 11.5 Å². The standard InChI is InChI=1S/C29H32N6O3/c30-28-29(31,20-13-7-8-14-21(20)35-28)17-24-27(38)33-22(15-18-9-3-1-4-10-18)25(36)32-23(26(37)34-24)16-19-11-5-2-6-12-19/h1-14,22-24,28,35H,15-17,30-31H2,(H,32,36)(H,33,38)(H,34,37)/t22-,23+,24+,28-,29-/m1/s1. The molecule has 9 nitrogen and oxygen atoms in total. The molecule has 3 amide bonds. The van der Waals surface area contributed by atoms with E-state index in [4.69, 9.17) is 11.5 Å². The minimum absolute atomic E-state index is 0.0417. The largest absolute Gasteiger partial charge is 0.368 e. The highest BCUT2D eigenvalue weighted by molar-refractivity contribution is 5.97. The van der Waals surface area contributed by atoms with Crippen LogP contribution in [-0.4, -0.2) is 42.0 Å².